The number of benzene rings is 3. The van der Waals surface area contributed by atoms with Crippen molar-refractivity contribution in [2.24, 2.45) is 5.10 Å². The number of methoxy groups -OCH3 is 2. The second-order valence-electron chi connectivity index (χ2n) is 7.88. The van der Waals surface area contributed by atoms with E-state index in [9.17, 15) is 14.4 Å². The van der Waals surface area contributed by atoms with Crippen LogP contribution in [0.2, 0.25) is 0 Å². The lowest BCUT2D eigenvalue weighted by atomic mass is 10.2. The van der Waals surface area contributed by atoms with Crippen LogP contribution in [0.25, 0.3) is 0 Å². The number of ether oxygens (including phenoxy) is 4. The molecule has 0 bridgehead atoms. The predicted molar refractivity (Wildman–Crippen MR) is 141 cm³/mol. The summed E-state index contributed by atoms with van der Waals surface area (Å²) in [5.41, 5.74) is 3.68. The highest BCUT2D eigenvalue weighted by molar-refractivity contribution is 5.96. The SMILES string of the molecule is CCCOc1ccc(C(=O)Oc2ccc(C=NNC(=O)CNC(=O)c3ccc(OC)cc3)cc2OC)cc1. The van der Waals surface area contributed by atoms with Gasteiger partial charge in [-0.3, -0.25) is 9.59 Å². The fraction of sp³-hybridized carbons (Fsp3) is 0.214. The number of amides is 2. The molecular weight excluding hydrogens is 490 g/mol. The standard InChI is InChI=1S/C28H29N3O7/c1-4-15-37-23-12-8-21(9-13-23)28(34)38-24-14-5-19(16-25(24)36-3)17-30-31-26(32)18-29-27(33)20-6-10-22(35-2)11-7-20/h5-14,16-17H,4,15,18H2,1-3H3,(H,29,33)(H,31,32). The van der Waals surface area contributed by atoms with Crippen molar-refractivity contribution in [2.75, 3.05) is 27.4 Å². The van der Waals surface area contributed by atoms with Crippen LogP contribution in [0, 0.1) is 0 Å². The maximum Gasteiger partial charge on any atom is 0.343 e. The maximum atomic E-state index is 12.5. The van der Waals surface area contributed by atoms with Crippen LogP contribution in [0.15, 0.2) is 71.8 Å². The Labute approximate surface area is 220 Å². The van der Waals surface area contributed by atoms with Gasteiger partial charge in [-0.2, -0.15) is 5.10 Å². The van der Waals surface area contributed by atoms with Gasteiger partial charge in [0.2, 0.25) is 0 Å². The van der Waals surface area contributed by atoms with Crippen LogP contribution in [0.1, 0.15) is 39.6 Å². The number of nitrogens with zero attached hydrogens (tertiary/aromatic N) is 1. The Balaban J connectivity index is 1.51. The third-order valence-corrected chi connectivity index (χ3v) is 5.12. The molecule has 0 saturated heterocycles. The largest absolute Gasteiger partial charge is 0.497 e. The summed E-state index contributed by atoms with van der Waals surface area (Å²) in [7, 11) is 2.98. The highest BCUT2D eigenvalue weighted by atomic mass is 16.6. The molecule has 0 fully saturated rings. The summed E-state index contributed by atoms with van der Waals surface area (Å²) in [6.45, 7) is 2.35. The number of rotatable bonds is 12. The molecule has 198 valence electrons. The minimum atomic E-state index is -0.546. The van der Waals surface area contributed by atoms with Gasteiger partial charge in [0, 0.05) is 5.56 Å². The van der Waals surface area contributed by atoms with E-state index in [2.05, 4.69) is 15.8 Å². The van der Waals surface area contributed by atoms with Crippen LogP contribution < -0.4 is 29.7 Å². The summed E-state index contributed by atoms with van der Waals surface area (Å²) in [5.74, 6) is 0.384. The third-order valence-electron chi connectivity index (χ3n) is 5.12. The molecule has 0 aliphatic rings. The summed E-state index contributed by atoms with van der Waals surface area (Å²) < 4.78 is 21.4. The first-order chi connectivity index (χ1) is 18.4. The molecule has 38 heavy (non-hydrogen) atoms. The van der Waals surface area contributed by atoms with Crippen molar-refractivity contribution >= 4 is 24.0 Å². The van der Waals surface area contributed by atoms with Crippen molar-refractivity contribution in [1.82, 2.24) is 10.7 Å². The Morgan fingerprint density at radius 1 is 0.842 bits per heavy atom. The number of hydrogen-bond donors (Lipinski definition) is 2. The molecule has 2 amide bonds. The number of carbonyl (C=O) groups is 3. The molecule has 0 spiro atoms. The maximum absolute atomic E-state index is 12.5. The van der Waals surface area contributed by atoms with E-state index >= 15 is 0 Å². The smallest absolute Gasteiger partial charge is 0.343 e. The lowest BCUT2D eigenvalue weighted by Gasteiger charge is -2.10. The van der Waals surface area contributed by atoms with Crippen LogP contribution in [-0.4, -0.2) is 51.4 Å². The molecule has 10 heteroatoms. The molecule has 0 unspecified atom stereocenters. The topological polar surface area (TPSA) is 125 Å². The molecule has 2 N–H and O–H groups in total. The van der Waals surface area contributed by atoms with E-state index in [1.165, 1.54) is 20.4 Å². The number of esters is 1. The first kappa shape index (κ1) is 27.7. The van der Waals surface area contributed by atoms with Crippen LogP contribution >= 0.6 is 0 Å². The first-order valence-corrected chi connectivity index (χ1v) is 11.8. The summed E-state index contributed by atoms with van der Waals surface area (Å²) in [4.78, 5) is 36.7. The van der Waals surface area contributed by atoms with Crippen molar-refractivity contribution in [1.29, 1.82) is 0 Å². The number of nitrogens with one attached hydrogen (secondary N) is 2. The van der Waals surface area contributed by atoms with E-state index in [-0.39, 0.29) is 12.3 Å². The monoisotopic (exact) mass is 519 g/mol. The van der Waals surface area contributed by atoms with Crippen LogP contribution in [0.4, 0.5) is 0 Å². The van der Waals surface area contributed by atoms with Gasteiger partial charge in [0.25, 0.3) is 11.8 Å². The Hall–Kier alpha value is -4.86. The van der Waals surface area contributed by atoms with Gasteiger partial charge in [-0.1, -0.05) is 6.92 Å². The fourth-order valence-corrected chi connectivity index (χ4v) is 3.14. The predicted octanol–water partition coefficient (Wildman–Crippen LogP) is 3.59. The Morgan fingerprint density at radius 3 is 2.18 bits per heavy atom. The first-order valence-electron chi connectivity index (χ1n) is 11.8. The van der Waals surface area contributed by atoms with Gasteiger partial charge in [-0.15, -0.1) is 0 Å². The molecule has 0 aromatic heterocycles. The molecule has 0 aliphatic heterocycles. The minimum absolute atomic E-state index is 0.228. The van der Waals surface area contributed by atoms with E-state index in [4.69, 9.17) is 18.9 Å². The molecule has 0 aliphatic carbocycles. The lowest BCUT2D eigenvalue weighted by molar-refractivity contribution is -0.120. The van der Waals surface area contributed by atoms with Crippen molar-refractivity contribution in [2.45, 2.75) is 13.3 Å². The van der Waals surface area contributed by atoms with E-state index < -0.39 is 17.8 Å². The van der Waals surface area contributed by atoms with Crippen LogP contribution in [0.3, 0.4) is 0 Å². The Morgan fingerprint density at radius 2 is 1.53 bits per heavy atom. The molecule has 3 rings (SSSR count). The second-order valence-corrected chi connectivity index (χ2v) is 7.88. The lowest BCUT2D eigenvalue weighted by Crippen LogP contribution is -2.34. The zero-order chi connectivity index (χ0) is 27.3. The van der Waals surface area contributed by atoms with Crippen molar-refractivity contribution in [3.8, 4) is 23.0 Å². The zero-order valence-corrected chi connectivity index (χ0v) is 21.4. The molecule has 3 aromatic rings. The van der Waals surface area contributed by atoms with Gasteiger partial charge in [0.15, 0.2) is 11.5 Å². The van der Waals surface area contributed by atoms with Gasteiger partial charge < -0.3 is 24.3 Å². The van der Waals surface area contributed by atoms with Crippen molar-refractivity contribution in [3.63, 3.8) is 0 Å². The quantitative estimate of drug-likeness (QED) is 0.162. The van der Waals surface area contributed by atoms with Crippen molar-refractivity contribution < 1.29 is 33.3 Å². The van der Waals surface area contributed by atoms with Gasteiger partial charge >= 0.3 is 5.97 Å². The van der Waals surface area contributed by atoms with Gasteiger partial charge in [-0.25, -0.2) is 10.2 Å². The Bertz CT molecular complexity index is 1270. The van der Waals surface area contributed by atoms with E-state index in [0.29, 0.717) is 40.5 Å². The molecule has 0 radical (unpaired) electrons. The van der Waals surface area contributed by atoms with Crippen LogP contribution in [0.5, 0.6) is 23.0 Å². The molecule has 0 atom stereocenters. The summed E-state index contributed by atoms with van der Waals surface area (Å²) in [5, 5.41) is 6.40. The minimum Gasteiger partial charge on any atom is -0.497 e. The van der Waals surface area contributed by atoms with Gasteiger partial charge in [-0.05, 0) is 78.7 Å². The zero-order valence-electron chi connectivity index (χ0n) is 21.4. The molecule has 10 nitrogen and oxygen atoms in total. The average molecular weight is 520 g/mol. The fourth-order valence-electron chi connectivity index (χ4n) is 3.14. The normalized spacial score (nSPS) is 10.5. The highest BCUT2D eigenvalue weighted by Crippen LogP contribution is 2.28. The van der Waals surface area contributed by atoms with E-state index in [1.54, 1.807) is 66.7 Å². The second kappa shape index (κ2) is 14.0. The summed E-state index contributed by atoms with van der Waals surface area (Å²) in [6, 6.07) is 18.0. The molecule has 0 saturated carbocycles. The summed E-state index contributed by atoms with van der Waals surface area (Å²) >= 11 is 0. The highest BCUT2D eigenvalue weighted by Gasteiger charge is 2.13. The molecule has 3 aromatic carbocycles. The number of hydrazone groups is 1. The number of carbonyl (C=O) groups excluding carboxylic acids is 3. The van der Waals surface area contributed by atoms with E-state index in [0.717, 1.165) is 6.42 Å². The van der Waals surface area contributed by atoms with Crippen molar-refractivity contribution in [3.05, 3.63) is 83.4 Å². The van der Waals surface area contributed by atoms with Crippen LogP contribution in [-0.2, 0) is 4.79 Å². The third kappa shape index (κ3) is 8.09. The molecule has 0 heterocycles. The Kier molecular flexibility index (Phi) is 10.2. The average Bonchev–Trinajstić information content (AvgIpc) is 2.95. The number of hydrogen-bond acceptors (Lipinski definition) is 8. The van der Waals surface area contributed by atoms with Gasteiger partial charge in [0.05, 0.1) is 39.1 Å². The van der Waals surface area contributed by atoms with Gasteiger partial charge in [0.1, 0.15) is 11.5 Å². The summed E-state index contributed by atoms with van der Waals surface area (Å²) in [6.07, 6.45) is 2.28. The molecular formula is C28H29N3O7. The van der Waals surface area contributed by atoms with E-state index in [1.807, 2.05) is 6.92 Å².